The van der Waals surface area contributed by atoms with Gasteiger partial charge < -0.3 is 15.7 Å². The number of nitrogens with one attached hydrogen (secondary N) is 2. The predicted molar refractivity (Wildman–Crippen MR) is 75.4 cm³/mol. The average Bonchev–Trinajstić information content (AvgIpc) is 2.40. The molecule has 0 aliphatic heterocycles. The topological polar surface area (TPSA) is 78.4 Å². The summed E-state index contributed by atoms with van der Waals surface area (Å²) in [4.78, 5) is 22.9. The summed E-state index contributed by atoms with van der Waals surface area (Å²) < 4.78 is 0. The number of carbonyl (C=O) groups is 2. The lowest BCUT2D eigenvalue weighted by Crippen LogP contribution is -2.61. The molecule has 0 spiro atoms. The van der Waals surface area contributed by atoms with Crippen LogP contribution in [0.15, 0.2) is 24.3 Å². The Bertz CT molecular complexity index is 492. The number of benzene rings is 1. The summed E-state index contributed by atoms with van der Waals surface area (Å²) in [5.41, 5.74) is 1.18. The monoisotopic (exact) mass is 276 g/mol. The lowest BCUT2D eigenvalue weighted by molar-refractivity contribution is -0.148. The molecule has 1 aliphatic rings. The molecule has 20 heavy (non-hydrogen) atoms. The molecule has 0 saturated heterocycles. The number of carbonyl (C=O) groups excluding carboxylic acids is 1. The van der Waals surface area contributed by atoms with E-state index in [1.165, 1.54) is 5.56 Å². The predicted octanol–water partition coefficient (Wildman–Crippen LogP) is 2.06. The zero-order valence-corrected chi connectivity index (χ0v) is 11.6. The second-order valence-electron chi connectivity index (χ2n) is 5.22. The van der Waals surface area contributed by atoms with Gasteiger partial charge in [-0.1, -0.05) is 31.2 Å². The molecule has 3 N–H and O–H groups in total. The quantitative estimate of drug-likeness (QED) is 0.770. The molecule has 108 valence electrons. The van der Waals surface area contributed by atoms with Crippen LogP contribution in [0, 0.1) is 0 Å². The van der Waals surface area contributed by atoms with Crippen molar-refractivity contribution in [1.82, 2.24) is 10.6 Å². The van der Waals surface area contributed by atoms with Crippen LogP contribution in [0.1, 0.15) is 37.3 Å². The van der Waals surface area contributed by atoms with Crippen LogP contribution < -0.4 is 10.6 Å². The molecule has 0 bridgehead atoms. The Morgan fingerprint density at radius 3 is 2.25 bits per heavy atom. The second-order valence-corrected chi connectivity index (χ2v) is 5.22. The first kappa shape index (κ1) is 14.4. The van der Waals surface area contributed by atoms with Crippen molar-refractivity contribution in [2.45, 2.75) is 44.7 Å². The number of aliphatic carboxylic acids is 1. The molecule has 0 radical (unpaired) electrons. The van der Waals surface area contributed by atoms with E-state index in [0.717, 1.165) is 18.4 Å². The van der Waals surface area contributed by atoms with Gasteiger partial charge in [0.2, 0.25) is 0 Å². The Morgan fingerprint density at radius 2 is 1.80 bits per heavy atom. The van der Waals surface area contributed by atoms with Crippen molar-refractivity contribution in [3.05, 3.63) is 35.4 Å². The van der Waals surface area contributed by atoms with Crippen molar-refractivity contribution in [3.63, 3.8) is 0 Å². The molecule has 1 aromatic rings. The highest BCUT2D eigenvalue weighted by atomic mass is 16.4. The second kappa shape index (κ2) is 5.94. The van der Waals surface area contributed by atoms with Crippen LogP contribution in [0.4, 0.5) is 4.79 Å². The van der Waals surface area contributed by atoms with Crippen LogP contribution in [-0.4, -0.2) is 22.6 Å². The Kier molecular flexibility index (Phi) is 4.27. The zero-order chi connectivity index (χ0) is 14.6. The van der Waals surface area contributed by atoms with Gasteiger partial charge in [0.1, 0.15) is 5.54 Å². The van der Waals surface area contributed by atoms with Gasteiger partial charge in [-0.3, -0.25) is 0 Å². The molecule has 0 unspecified atom stereocenters. The maximum absolute atomic E-state index is 11.8. The maximum atomic E-state index is 11.8. The highest BCUT2D eigenvalue weighted by Crippen LogP contribution is 2.31. The van der Waals surface area contributed by atoms with Gasteiger partial charge in [0.05, 0.1) is 0 Å². The molecule has 2 amide bonds. The van der Waals surface area contributed by atoms with E-state index < -0.39 is 17.5 Å². The number of hydrogen-bond acceptors (Lipinski definition) is 2. The molecule has 0 heterocycles. The summed E-state index contributed by atoms with van der Waals surface area (Å²) in [6, 6.07) is 7.57. The fraction of sp³-hybridized carbons (Fsp3) is 0.467. The highest BCUT2D eigenvalue weighted by molar-refractivity contribution is 5.87. The number of carboxylic acid groups (broad SMARTS) is 1. The SMILES string of the molecule is CCc1ccc(CNC(=O)NC2(C(=O)O)CCC2)cc1. The largest absolute Gasteiger partial charge is 0.480 e. The molecule has 5 heteroatoms. The number of urea groups is 1. The Morgan fingerprint density at radius 1 is 1.20 bits per heavy atom. The standard InChI is InChI=1S/C15H20N2O3/c1-2-11-4-6-12(7-5-11)10-16-14(20)17-15(13(18)19)8-3-9-15/h4-7H,2-3,8-10H2,1H3,(H,18,19)(H2,16,17,20). The molecular formula is C15H20N2O3. The lowest BCUT2D eigenvalue weighted by atomic mass is 9.77. The molecular weight excluding hydrogens is 256 g/mol. The van der Waals surface area contributed by atoms with E-state index in [1.807, 2.05) is 24.3 Å². The molecule has 0 atom stereocenters. The van der Waals surface area contributed by atoms with E-state index in [0.29, 0.717) is 19.4 Å². The number of rotatable bonds is 5. The van der Waals surface area contributed by atoms with E-state index in [-0.39, 0.29) is 0 Å². The van der Waals surface area contributed by atoms with E-state index in [1.54, 1.807) is 0 Å². The third-order valence-corrected chi connectivity index (χ3v) is 3.85. The Hall–Kier alpha value is -2.04. The number of carboxylic acids is 1. The van der Waals surface area contributed by atoms with Crippen molar-refractivity contribution < 1.29 is 14.7 Å². The fourth-order valence-electron chi connectivity index (χ4n) is 2.26. The van der Waals surface area contributed by atoms with Crippen LogP contribution in [0.5, 0.6) is 0 Å². The van der Waals surface area contributed by atoms with E-state index in [9.17, 15) is 9.59 Å². The van der Waals surface area contributed by atoms with Crippen molar-refractivity contribution >= 4 is 12.0 Å². The summed E-state index contributed by atoms with van der Waals surface area (Å²) in [5.74, 6) is -0.953. The van der Waals surface area contributed by atoms with Crippen molar-refractivity contribution in [1.29, 1.82) is 0 Å². The van der Waals surface area contributed by atoms with Crippen molar-refractivity contribution in [2.75, 3.05) is 0 Å². The van der Waals surface area contributed by atoms with Gasteiger partial charge in [0.25, 0.3) is 0 Å². The number of aryl methyl sites for hydroxylation is 1. The Labute approximate surface area is 118 Å². The van der Waals surface area contributed by atoms with E-state index in [2.05, 4.69) is 17.6 Å². The average molecular weight is 276 g/mol. The van der Waals surface area contributed by atoms with Crippen LogP contribution in [0.2, 0.25) is 0 Å². The van der Waals surface area contributed by atoms with Gasteiger partial charge >= 0.3 is 12.0 Å². The molecule has 5 nitrogen and oxygen atoms in total. The summed E-state index contributed by atoms with van der Waals surface area (Å²) >= 11 is 0. The Balaban J connectivity index is 1.84. The van der Waals surface area contributed by atoms with Crippen molar-refractivity contribution in [2.24, 2.45) is 0 Å². The fourth-order valence-corrected chi connectivity index (χ4v) is 2.26. The molecule has 1 fully saturated rings. The van der Waals surface area contributed by atoms with Crippen LogP contribution in [0.25, 0.3) is 0 Å². The van der Waals surface area contributed by atoms with E-state index >= 15 is 0 Å². The lowest BCUT2D eigenvalue weighted by Gasteiger charge is -2.38. The van der Waals surface area contributed by atoms with Gasteiger partial charge in [-0.2, -0.15) is 0 Å². The van der Waals surface area contributed by atoms with Crippen LogP contribution in [-0.2, 0) is 17.8 Å². The summed E-state index contributed by atoms with van der Waals surface area (Å²) in [6.45, 7) is 2.48. The summed E-state index contributed by atoms with van der Waals surface area (Å²) in [5, 5.41) is 14.4. The first-order chi connectivity index (χ1) is 9.55. The smallest absolute Gasteiger partial charge is 0.329 e. The molecule has 1 aliphatic carbocycles. The normalized spacial score (nSPS) is 16.1. The van der Waals surface area contributed by atoms with Crippen molar-refractivity contribution in [3.8, 4) is 0 Å². The maximum Gasteiger partial charge on any atom is 0.329 e. The van der Waals surface area contributed by atoms with Gasteiger partial charge in [0.15, 0.2) is 0 Å². The molecule has 1 aromatic carbocycles. The minimum Gasteiger partial charge on any atom is -0.480 e. The van der Waals surface area contributed by atoms with Gasteiger partial charge in [-0.15, -0.1) is 0 Å². The highest BCUT2D eigenvalue weighted by Gasteiger charge is 2.45. The summed E-state index contributed by atoms with van der Waals surface area (Å²) in [6.07, 6.45) is 2.82. The van der Waals surface area contributed by atoms with Gasteiger partial charge in [-0.25, -0.2) is 9.59 Å². The zero-order valence-electron chi connectivity index (χ0n) is 11.6. The van der Waals surface area contributed by atoms with Gasteiger partial charge in [0, 0.05) is 6.54 Å². The first-order valence-electron chi connectivity index (χ1n) is 6.93. The third-order valence-electron chi connectivity index (χ3n) is 3.85. The van der Waals surface area contributed by atoms with Crippen LogP contribution >= 0.6 is 0 Å². The molecule has 0 aromatic heterocycles. The third kappa shape index (κ3) is 3.10. The van der Waals surface area contributed by atoms with E-state index in [4.69, 9.17) is 5.11 Å². The van der Waals surface area contributed by atoms with Crippen LogP contribution in [0.3, 0.4) is 0 Å². The number of amides is 2. The minimum absolute atomic E-state index is 0.394. The summed E-state index contributed by atoms with van der Waals surface area (Å²) in [7, 11) is 0. The first-order valence-corrected chi connectivity index (χ1v) is 6.93. The molecule has 2 rings (SSSR count). The minimum atomic E-state index is -1.06. The number of hydrogen-bond donors (Lipinski definition) is 3. The van der Waals surface area contributed by atoms with Gasteiger partial charge in [-0.05, 0) is 36.8 Å². The molecule has 1 saturated carbocycles.